The number of halogens is 2. The summed E-state index contributed by atoms with van der Waals surface area (Å²) in [5.41, 5.74) is -1.25. The first-order chi connectivity index (χ1) is 18.1. The highest BCUT2D eigenvalue weighted by molar-refractivity contribution is 7.15. The zero-order chi connectivity index (χ0) is 29.1. The molecule has 3 rings (SSSR count). The lowest BCUT2D eigenvalue weighted by Gasteiger charge is -2.33. The predicted octanol–water partition coefficient (Wildman–Crippen LogP) is 5.55. The van der Waals surface area contributed by atoms with Gasteiger partial charge in [-0.05, 0) is 91.2 Å². The van der Waals surface area contributed by atoms with Gasteiger partial charge < -0.3 is 20.6 Å². The highest BCUT2D eigenvalue weighted by Crippen LogP contribution is 2.40. The molecule has 2 amide bonds. The van der Waals surface area contributed by atoms with Crippen LogP contribution in [0.15, 0.2) is 30.0 Å². The van der Waals surface area contributed by atoms with Gasteiger partial charge in [-0.2, -0.15) is 0 Å². The lowest BCUT2D eigenvalue weighted by molar-refractivity contribution is 0.0628. The normalized spacial score (nSPS) is 19.3. The van der Waals surface area contributed by atoms with Crippen LogP contribution >= 0.6 is 11.3 Å². The van der Waals surface area contributed by atoms with Crippen LogP contribution in [0, 0.1) is 5.92 Å². The monoisotopic (exact) mass is 564 g/mol. The average Bonchev–Trinajstić information content (AvgIpc) is 3.62. The number of nitrogens with one attached hydrogen (secondary N) is 2. The first kappa shape index (κ1) is 30.9. The number of hydrogen-bond donors (Lipinski definition) is 3. The number of allylic oxidation sites excluding steroid dienone is 4. The standard InChI is InChI=1S/C29H42F2N4O3S/c1-8-20(21(24(30)31)15-17(2)34-29(6,7)19-12-13-19)23-22(27(37)35-14-10-9-11-18(35)3)33-26(39-23)25(36)32-16-28(4,5)38/h8,15,18-19,24,34,38H,2,9-14,16H2,1,3-7H3,(H,32,36)/b20-8+,21-15+. The lowest BCUT2D eigenvalue weighted by Crippen LogP contribution is -2.42. The van der Waals surface area contributed by atoms with Crippen molar-refractivity contribution in [2.24, 2.45) is 5.92 Å². The Balaban J connectivity index is 2.03. The molecule has 0 radical (unpaired) electrons. The number of aliphatic hydroxyl groups is 1. The van der Waals surface area contributed by atoms with Crippen molar-refractivity contribution in [1.29, 1.82) is 0 Å². The molecule has 1 unspecified atom stereocenters. The Kier molecular flexibility index (Phi) is 9.75. The van der Waals surface area contributed by atoms with Gasteiger partial charge in [0.25, 0.3) is 18.2 Å². The van der Waals surface area contributed by atoms with Crippen molar-refractivity contribution < 1.29 is 23.5 Å². The van der Waals surface area contributed by atoms with E-state index in [4.69, 9.17) is 0 Å². The molecule has 0 aromatic carbocycles. The molecule has 0 bridgehead atoms. The van der Waals surface area contributed by atoms with Gasteiger partial charge in [-0.3, -0.25) is 9.59 Å². The van der Waals surface area contributed by atoms with Crippen LogP contribution in [0.2, 0.25) is 0 Å². The molecule has 10 heteroatoms. The Morgan fingerprint density at radius 1 is 1.23 bits per heavy atom. The second-order valence-corrected chi connectivity index (χ2v) is 12.8. The summed E-state index contributed by atoms with van der Waals surface area (Å²) in [4.78, 5) is 33.0. The van der Waals surface area contributed by atoms with E-state index in [0.29, 0.717) is 18.2 Å². The van der Waals surface area contributed by atoms with E-state index in [9.17, 15) is 23.5 Å². The Hall–Kier alpha value is -2.59. The highest BCUT2D eigenvalue weighted by atomic mass is 32.1. The van der Waals surface area contributed by atoms with Crippen molar-refractivity contribution in [3.05, 3.63) is 45.6 Å². The van der Waals surface area contributed by atoms with E-state index >= 15 is 0 Å². The van der Waals surface area contributed by atoms with E-state index in [2.05, 4.69) is 22.2 Å². The van der Waals surface area contributed by atoms with Crippen molar-refractivity contribution in [2.45, 2.75) is 97.3 Å². The largest absolute Gasteiger partial charge is 0.389 e. The first-order valence-corrected chi connectivity index (χ1v) is 14.4. The maximum atomic E-state index is 14.6. The second-order valence-electron chi connectivity index (χ2n) is 11.8. The highest BCUT2D eigenvalue weighted by Gasteiger charge is 2.38. The number of rotatable bonds is 11. The molecule has 216 valence electrons. The smallest absolute Gasteiger partial charge is 0.280 e. The van der Waals surface area contributed by atoms with E-state index in [1.807, 2.05) is 20.8 Å². The molecule has 2 heterocycles. The number of carbonyl (C=O) groups is 2. The fourth-order valence-electron chi connectivity index (χ4n) is 4.88. The van der Waals surface area contributed by atoms with Gasteiger partial charge in [-0.1, -0.05) is 12.7 Å². The van der Waals surface area contributed by atoms with Crippen LogP contribution < -0.4 is 10.6 Å². The number of likely N-dealkylation sites (tertiary alicyclic amines) is 1. The number of hydrogen-bond acceptors (Lipinski definition) is 6. The number of aromatic nitrogens is 1. The predicted molar refractivity (Wildman–Crippen MR) is 152 cm³/mol. The van der Waals surface area contributed by atoms with Gasteiger partial charge in [0, 0.05) is 35.9 Å². The van der Waals surface area contributed by atoms with Crippen molar-refractivity contribution in [3.8, 4) is 0 Å². The molecule has 1 aliphatic carbocycles. The van der Waals surface area contributed by atoms with Gasteiger partial charge >= 0.3 is 0 Å². The first-order valence-electron chi connectivity index (χ1n) is 13.6. The van der Waals surface area contributed by atoms with Crippen LogP contribution in [0.4, 0.5) is 8.78 Å². The number of thiazole rings is 1. The number of piperidine rings is 1. The van der Waals surface area contributed by atoms with Crippen LogP contribution in [0.3, 0.4) is 0 Å². The molecular weight excluding hydrogens is 522 g/mol. The van der Waals surface area contributed by atoms with Crippen LogP contribution in [-0.2, 0) is 0 Å². The minimum Gasteiger partial charge on any atom is -0.389 e. The average molecular weight is 565 g/mol. The summed E-state index contributed by atoms with van der Waals surface area (Å²) in [7, 11) is 0. The maximum absolute atomic E-state index is 14.6. The number of nitrogens with zero attached hydrogens (tertiary/aromatic N) is 2. The van der Waals surface area contributed by atoms with Gasteiger partial charge in [-0.25, -0.2) is 13.8 Å². The molecule has 1 saturated carbocycles. The van der Waals surface area contributed by atoms with E-state index in [0.717, 1.165) is 43.4 Å². The number of alkyl halides is 2. The summed E-state index contributed by atoms with van der Waals surface area (Å²) in [6.07, 6.45) is 4.85. The summed E-state index contributed by atoms with van der Waals surface area (Å²) < 4.78 is 29.1. The van der Waals surface area contributed by atoms with E-state index in [1.54, 1.807) is 25.7 Å². The van der Waals surface area contributed by atoms with E-state index in [-0.39, 0.29) is 50.8 Å². The van der Waals surface area contributed by atoms with Crippen LogP contribution in [-0.4, -0.2) is 63.5 Å². The molecule has 2 fully saturated rings. The fraction of sp³-hybridized carbons (Fsp3) is 0.621. The number of amides is 2. The van der Waals surface area contributed by atoms with Crippen LogP contribution in [0.1, 0.15) is 98.8 Å². The SMILES string of the molecule is C=C(/C=C(\C(=C/C)c1sc(C(=O)NCC(C)(C)O)nc1C(=O)N1CCCCC1C)C(F)F)NC(C)(C)C1CC1. The molecule has 7 nitrogen and oxygen atoms in total. The van der Waals surface area contributed by atoms with Crippen molar-refractivity contribution in [2.75, 3.05) is 13.1 Å². The Morgan fingerprint density at radius 3 is 2.44 bits per heavy atom. The van der Waals surface area contributed by atoms with E-state index < -0.39 is 17.9 Å². The van der Waals surface area contributed by atoms with Crippen molar-refractivity contribution in [3.63, 3.8) is 0 Å². The molecule has 1 saturated heterocycles. The van der Waals surface area contributed by atoms with Gasteiger partial charge in [0.05, 0.1) is 10.5 Å². The number of carbonyl (C=O) groups excluding carboxylic acids is 2. The Labute approximate surface area is 234 Å². The molecule has 1 aliphatic heterocycles. The van der Waals surface area contributed by atoms with E-state index in [1.165, 1.54) is 12.2 Å². The molecule has 39 heavy (non-hydrogen) atoms. The van der Waals surface area contributed by atoms with Crippen LogP contribution in [0.25, 0.3) is 5.57 Å². The molecule has 2 aliphatic rings. The maximum Gasteiger partial charge on any atom is 0.280 e. The zero-order valence-corrected chi connectivity index (χ0v) is 24.7. The quantitative estimate of drug-likeness (QED) is 0.307. The fourth-order valence-corrected chi connectivity index (χ4v) is 5.96. The summed E-state index contributed by atoms with van der Waals surface area (Å²) in [5.74, 6) is -0.500. The summed E-state index contributed by atoms with van der Waals surface area (Å²) in [5, 5.41) is 15.9. The Bertz CT molecular complexity index is 1150. The third kappa shape index (κ3) is 7.97. The summed E-state index contributed by atoms with van der Waals surface area (Å²) in [6, 6.07) is -0.0268. The molecule has 0 spiro atoms. The van der Waals surface area contributed by atoms with Gasteiger partial charge in [0.15, 0.2) is 5.01 Å². The molecule has 1 aromatic rings. The molecule has 1 atom stereocenters. The second kappa shape index (κ2) is 12.3. The zero-order valence-electron chi connectivity index (χ0n) is 23.9. The third-order valence-corrected chi connectivity index (χ3v) is 8.35. The van der Waals surface area contributed by atoms with Gasteiger partial charge in [-0.15, -0.1) is 11.3 Å². The topological polar surface area (TPSA) is 94.6 Å². The van der Waals surface area contributed by atoms with Gasteiger partial charge in [0.1, 0.15) is 5.69 Å². The molecular formula is C29H42F2N4O3S. The third-order valence-electron chi connectivity index (χ3n) is 7.26. The van der Waals surface area contributed by atoms with Crippen molar-refractivity contribution >= 4 is 28.7 Å². The minimum absolute atomic E-state index is 0.0151. The Morgan fingerprint density at radius 2 is 1.90 bits per heavy atom. The minimum atomic E-state index is -2.86. The van der Waals surface area contributed by atoms with Crippen molar-refractivity contribution in [1.82, 2.24) is 20.5 Å². The molecule has 1 aromatic heterocycles. The molecule has 3 N–H and O–H groups in total. The van der Waals surface area contributed by atoms with Crippen LogP contribution in [0.5, 0.6) is 0 Å². The summed E-state index contributed by atoms with van der Waals surface area (Å²) >= 11 is 0.900. The lowest BCUT2D eigenvalue weighted by atomic mass is 9.97. The summed E-state index contributed by atoms with van der Waals surface area (Å²) in [6.45, 7) is 15.2. The van der Waals surface area contributed by atoms with Gasteiger partial charge in [0.2, 0.25) is 0 Å².